The first kappa shape index (κ1) is 14.9. The Balaban J connectivity index is 1.78. The Morgan fingerprint density at radius 2 is 1.75 bits per heavy atom. The van der Waals surface area contributed by atoms with E-state index in [9.17, 15) is 8.42 Å². The smallest absolute Gasteiger partial charge is 0.271 e. The van der Waals surface area contributed by atoms with Crippen molar-refractivity contribution in [1.82, 2.24) is 9.97 Å². The van der Waals surface area contributed by atoms with Gasteiger partial charge in [-0.05, 0) is 35.7 Å². The Kier molecular flexibility index (Phi) is 3.59. The molecular formula is C17H13N3O2S2. The van der Waals surface area contributed by atoms with Crippen LogP contribution in [0.1, 0.15) is 0 Å². The van der Waals surface area contributed by atoms with Crippen LogP contribution in [0.4, 0.5) is 5.69 Å². The Hall–Kier alpha value is -2.64. The lowest BCUT2D eigenvalue weighted by Crippen LogP contribution is -2.12. The van der Waals surface area contributed by atoms with Crippen molar-refractivity contribution in [2.24, 2.45) is 0 Å². The predicted molar refractivity (Wildman–Crippen MR) is 96.7 cm³/mol. The van der Waals surface area contributed by atoms with Gasteiger partial charge in [-0.3, -0.25) is 4.72 Å². The van der Waals surface area contributed by atoms with Crippen molar-refractivity contribution in [1.29, 1.82) is 0 Å². The van der Waals surface area contributed by atoms with Crippen molar-refractivity contribution in [3.8, 4) is 11.4 Å². The van der Waals surface area contributed by atoms with E-state index in [4.69, 9.17) is 0 Å². The van der Waals surface area contributed by atoms with Crippen LogP contribution in [0.15, 0.2) is 70.3 Å². The summed E-state index contributed by atoms with van der Waals surface area (Å²) in [7, 11) is -3.60. The number of H-pyrrole nitrogens is 1. The van der Waals surface area contributed by atoms with Gasteiger partial charge < -0.3 is 4.98 Å². The van der Waals surface area contributed by atoms with Gasteiger partial charge in [-0.2, -0.15) is 0 Å². The molecule has 0 unspecified atom stereocenters. The lowest BCUT2D eigenvalue weighted by molar-refractivity contribution is 0.603. The fraction of sp³-hybridized carbons (Fsp3) is 0. The van der Waals surface area contributed by atoms with Crippen molar-refractivity contribution in [3.63, 3.8) is 0 Å². The number of hydrogen-bond donors (Lipinski definition) is 2. The van der Waals surface area contributed by atoms with Crippen LogP contribution in [0, 0.1) is 0 Å². The van der Waals surface area contributed by atoms with Gasteiger partial charge in [0, 0.05) is 5.56 Å². The monoisotopic (exact) mass is 355 g/mol. The fourth-order valence-corrected chi connectivity index (χ4v) is 4.54. The van der Waals surface area contributed by atoms with Crippen LogP contribution in [-0.4, -0.2) is 18.4 Å². The normalized spacial score (nSPS) is 11.7. The van der Waals surface area contributed by atoms with E-state index in [2.05, 4.69) is 14.7 Å². The summed E-state index contributed by atoms with van der Waals surface area (Å²) < 4.78 is 27.9. The minimum atomic E-state index is -3.60. The Morgan fingerprint density at radius 1 is 0.958 bits per heavy atom. The molecule has 0 aliphatic heterocycles. The molecule has 0 amide bonds. The number of benzene rings is 2. The largest absolute Gasteiger partial charge is 0.338 e. The molecule has 0 fully saturated rings. The van der Waals surface area contributed by atoms with Gasteiger partial charge in [-0.25, -0.2) is 13.4 Å². The quantitative estimate of drug-likeness (QED) is 0.579. The Labute approximate surface area is 143 Å². The molecule has 2 heterocycles. The topological polar surface area (TPSA) is 74.8 Å². The number of nitrogens with zero attached hydrogens (tertiary/aromatic N) is 1. The van der Waals surface area contributed by atoms with Gasteiger partial charge in [0.2, 0.25) is 0 Å². The Bertz CT molecular complexity index is 1070. The second-order valence-electron chi connectivity index (χ2n) is 5.19. The summed E-state index contributed by atoms with van der Waals surface area (Å²) >= 11 is 1.18. The van der Waals surface area contributed by atoms with Crippen LogP contribution in [-0.2, 0) is 10.0 Å². The van der Waals surface area contributed by atoms with E-state index in [0.717, 1.165) is 11.0 Å². The number of sulfonamides is 1. The van der Waals surface area contributed by atoms with Crippen LogP contribution in [0.25, 0.3) is 22.4 Å². The maximum absolute atomic E-state index is 12.5. The summed E-state index contributed by atoms with van der Waals surface area (Å²) in [5.41, 5.74) is 2.94. The van der Waals surface area contributed by atoms with Crippen molar-refractivity contribution in [2.75, 3.05) is 4.72 Å². The highest BCUT2D eigenvalue weighted by Crippen LogP contribution is 2.30. The third-order valence-electron chi connectivity index (χ3n) is 3.58. The number of para-hydroxylation sites is 3. The number of nitrogens with one attached hydrogen (secondary N) is 2. The molecule has 0 saturated carbocycles. The van der Waals surface area contributed by atoms with E-state index in [1.165, 1.54) is 11.3 Å². The summed E-state index contributed by atoms with van der Waals surface area (Å²) in [6, 6.07) is 18.2. The molecule has 0 aliphatic rings. The van der Waals surface area contributed by atoms with Crippen molar-refractivity contribution in [2.45, 2.75) is 4.21 Å². The molecule has 0 saturated heterocycles. The van der Waals surface area contributed by atoms with Crippen LogP contribution < -0.4 is 4.72 Å². The standard InChI is InChI=1S/C17H13N3O2S2/c21-24(22,16-10-5-11-23-16)20-13-7-2-1-6-12(13)17-18-14-8-3-4-9-15(14)19-17/h1-11,20H,(H,18,19). The second kappa shape index (κ2) is 5.77. The first-order valence-electron chi connectivity index (χ1n) is 7.24. The van der Waals surface area contributed by atoms with Crippen LogP contribution >= 0.6 is 11.3 Å². The summed E-state index contributed by atoms with van der Waals surface area (Å²) in [6.45, 7) is 0. The zero-order valence-corrected chi connectivity index (χ0v) is 14.1. The molecule has 7 heteroatoms. The third-order valence-corrected chi connectivity index (χ3v) is 6.34. The van der Waals surface area contributed by atoms with Crippen molar-refractivity contribution in [3.05, 3.63) is 66.0 Å². The van der Waals surface area contributed by atoms with E-state index in [-0.39, 0.29) is 4.21 Å². The number of thiophene rings is 1. The van der Waals surface area contributed by atoms with Crippen LogP contribution in [0.2, 0.25) is 0 Å². The van der Waals surface area contributed by atoms with Gasteiger partial charge in [0.05, 0.1) is 16.7 Å². The molecule has 5 nitrogen and oxygen atoms in total. The van der Waals surface area contributed by atoms with E-state index in [1.54, 1.807) is 29.6 Å². The summed E-state index contributed by atoms with van der Waals surface area (Å²) in [4.78, 5) is 7.78. The van der Waals surface area contributed by atoms with Gasteiger partial charge >= 0.3 is 0 Å². The van der Waals surface area contributed by atoms with Crippen LogP contribution in [0.3, 0.4) is 0 Å². The van der Waals surface area contributed by atoms with E-state index >= 15 is 0 Å². The van der Waals surface area contributed by atoms with E-state index in [1.807, 2.05) is 36.4 Å². The lowest BCUT2D eigenvalue weighted by atomic mass is 10.2. The molecular weight excluding hydrogens is 342 g/mol. The average Bonchev–Trinajstić information content (AvgIpc) is 3.25. The molecule has 2 aromatic carbocycles. The summed E-state index contributed by atoms with van der Waals surface area (Å²) in [6.07, 6.45) is 0. The number of imidazole rings is 1. The molecule has 4 rings (SSSR count). The summed E-state index contributed by atoms with van der Waals surface area (Å²) in [5.74, 6) is 0.626. The Morgan fingerprint density at radius 3 is 2.54 bits per heavy atom. The summed E-state index contributed by atoms with van der Waals surface area (Å²) in [5, 5.41) is 1.74. The van der Waals surface area contributed by atoms with Crippen molar-refractivity contribution < 1.29 is 8.42 Å². The van der Waals surface area contributed by atoms with Gasteiger partial charge in [0.15, 0.2) is 0 Å². The highest BCUT2D eigenvalue weighted by Gasteiger charge is 2.18. The van der Waals surface area contributed by atoms with Crippen molar-refractivity contribution >= 4 is 38.1 Å². The van der Waals surface area contributed by atoms with Gasteiger partial charge in [0.25, 0.3) is 10.0 Å². The first-order valence-corrected chi connectivity index (χ1v) is 9.60. The van der Waals surface area contributed by atoms with Gasteiger partial charge in [-0.15, -0.1) is 11.3 Å². The van der Waals surface area contributed by atoms with Gasteiger partial charge in [-0.1, -0.05) is 30.3 Å². The molecule has 2 N–H and O–H groups in total. The molecule has 0 spiro atoms. The number of rotatable bonds is 4. The van der Waals surface area contributed by atoms with Gasteiger partial charge in [0.1, 0.15) is 10.0 Å². The number of fused-ring (bicyclic) bond motifs is 1. The zero-order chi connectivity index (χ0) is 16.6. The van der Waals surface area contributed by atoms with Crippen LogP contribution in [0.5, 0.6) is 0 Å². The van der Waals surface area contributed by atoms with E-state index < -0.39 is 10.0 Å². The number of hydrogen-bond acceptors (Lipinski definition) is 4. The molecule has 0 radical (unpaired) electrons. The maximum atomic E-state index is 12.5. The molecule has 0 atom stereocenters. The third kappa shape index (κ3) is 2.68. The minimum Gasteiger partial charge on any atom is -0.338 e. The molecule has 0 bridgehead atoms. The van der Waals surface area contributed by atoms with E-state index in [0.29, 0.717) is 17.1 Å². The zero-order valence-electron chi connectivity index (χ0n) is 12.4. The minimum absolute atomic E-state index is 0.280. The highest BCUT2D eigenvalue weighted by atomic mass is 32.2. The number of aromatic amines is 1. The second-order valence-corrected chi connectivity index (χ2v) is 8.04. The number of anilines is 1. The molecule has 24 heavy (non-hydrogen) atoms. The predicted octanol–water partition coefficient (Wildman–Crippen LogP) is 4.09. The fourth-order valence-electron chi connectivity index (χ4n) is 2.47. The molecule has 120 valence electrons. The average molecular weight is 355 g/mol. The number of aromatic nitrogens is 2. The first-order chi connectivity index (χ1) is 11.6. The molecule has 4 aromatic rings. The lowest BCUT2D eigenvalue weighted by Gasteiger charge is -2.10. The highest BCUT2D eigenvalue weighted by molar-refractivity contribution is 7.94. The molecule has 2 aromatic heterocycles. The SMILES string of the molecule is O=S(=O)(Nc1ccccc1-c1nc2ccccc2[nH]1)c1cccs1. The molecule has 0 aliphatic carbocycles. The maximum Gasteiger partial charge on any atom is 0.271 e.